The van der Waals surface area contributed by atoms with Gasteiger partial charge in [-0.15, -0.1) is 0 Å². The standard InChI is InChI=1S/C25H34FN3O4S/c1-7-22(25(31)27-17(2)3)28(15-20-10-12-21(26)13-11-20)24(30)16-29(34(6,32)33)23-14-18(4)8-9-19(23)5/h8-14,17,22H,7,15-16H2,1-6H3,(H,27,31). The molecule has 0 heterocycles. The Bertz CT molecular complexity index is 1120. The van der Waals surface area contributed by atoms with Crippen LogP contribution in [0.1, 0.15) is 43.9 Å². The van der Waals surface area contributed by atoms with E-state index >= 15 is 0 Å². The lowest BCUT2D eigenvalue weighted by Gasteiger charge is -2.33. The first-order valence-corrected chi connectivity index (χ1v) is 13.1. The summed E-state index contributed by atoms with van der Waals surface area (Å²) >= 11 is 0. The van der Waals surface area contributed by atoms with E-state index in [0.29, 0.717) is 23.2 Å². The van der Waals surface area contributed by atoms with Crippen molar-refractivity contribution >= 4 is 27.5 Å². The van der Waals surface area contributed by atoms with Gasteiger partial charge in [-0.25, -0.2) is 12.8 Å². The van der Waals surface area contributed by atoms with Gasteiger partial charge in [0.2, 0.25) is 21.8 Å². The molecular formula is C25H34FN3O4S. The van der Waals surface area contributed by atoms with Gasteiger partial charge in [0.1, 0.15) is 18.4 Å². The first kappa shape index (κ1) is 27.3. The van der Waals surface area contributed by atoms with Crippen molar-refractivity contribution in [1.82, 2.24) is 10.2 Å². The van der Waals surface area contributed by atoms with E-state index in [9.17, 15) is 22.4 Å². The van der Waals surface area contributed by atoms with E-state index in [0.717, 1.165) is 16.1 Å². The van der Waals surface area contributed by atoms with Crippen molar-refractivity contribution in [1.29, 1.82) is 0 Å². The first-order valence-electron chi connectivity index (χ1n) is 11.2. The third-order valence-electron chi connectivity index (χ3n) is 5.40. The number of nitrogens with one attached hydrogen (secondary N) is 1. The molecule has 1 atom stereocenters. The molecule has 1 unspecified atom stereocenters. The zero-order valence-electron chi connectivity index (χ0n) is 20.6. The summed E-state index contributed by atoms with van der Waals surface area (Å²) in [5, 5.41) is 2.83. The van der Waals surface area contributed by atoms with Gasteiger partial charge < -0.3 is 10.2 Å². The smallest absolute Gasteiger partial charge is 0.244 e. The van der Waals surface area contributed by atoms with Gasteiger partial charge in [0.15, 0.2) is 0 Å². The van der Waals surface area contributed by atoms with E-state index in [-0.39, 0.29) is 18.5 Å². The molecule has 0 bridgehead atoms. The van der Waals surface area contributed by atoms with Crippen LogP contribution in [0, 0.1) is 19.7 Å². The molecule has 2 aromatic carbocycles. The lowest BCUT2D eigenvalue weighted by Crippen LogP contribution is -2.53. The second kappa shape index (κ2) is 11.5. The molecule has 0 aliphatic rings. The van der Waals surface area contributed by atoms with Crippen molar-refractivity contribution in [3.8, 4) is 0 Å². The van der Waals surface area contributed by atoms with E-state index in [2.05, 4.69) is 5.32 Å². The summed E-state index contributed by atoms with van der Waals surface area (Å²) in [4.78, 5) is 27.9. The third-order valence-corrected chi connectivity index (χ3v) is 6.52. The molecule has 0 spiro atoms. The first-order chi connectivity index (χ1) is 15.8. The van der Waals surface area contributed by atoms with Crippen LogP contribution in [-0.4, -0.2) is 50.0 Å². The number of carbonyl (C=O) groups is 2. The number of nitrogens with zero attached hydrogens (tertiary/aromatic N) is 2. The van der Waals surface area contributed by atoms with Gasteiger partial charge in [-0.1, -0.05) is 31.2 Å². The van der Waals surface area contributed by atoms with E-state index in [1.165, 1.54) is 17.0 Å². The Morgan fingerprint density at radius 1 is 1.06 bits per heavy atom. The van der Waals surface area contributed by atoms with Gasteiger partial charge in [-0.2, -0.15) is 0 Å². The molecule has 0 fully saturated rings. The molecule has 2 amide bonds. The molecular weight excluding hydrogens is 457 g/mol. The lowest BCUT2D eigenvalue weighted by molar-refractivity contribution is -0.140. The van der Waals surface area contributed by atoms with Gasteiger partial charge >= 0.3 is 0 Å². The molecule has 0 saturated heterocycles. The van der Waals surface area contributed by atoms with Crippen LogP contribution in [0.15, 0.2) is 42.5 Å². The van der Waals surface area contributed by atoms with E-state index in [4.69, 9.17) is 0 Å². The minimum Gasteiger partial charge on any atom is -0.352 e. The predicted octanol–water partition coefficient (Wildman–Crippen LogP) is 3.54. The Morgan fingerprint density at radius 3 is 2.21 bits per heavy atom. The van der Waals surface area contributed by atoms with Crippen molar-refractivity contribution < 1.29 is 22.4 Å². The highest BCUT2D eigenvalue weighted by Gasteiger charge is 2.32. The number of halogens is 1. The Kier molecular flexibility index (Phi) is 9.21. The summed E-state index contributed by atoms with van der Waals surface area (Å²) < 4.78 is 39.9. The van der Waals surface area contributed by atoms with E-state index in [1.54, 1.807) is 38.1 Å². The molecule has 2 rings (SSSR count). The topological polar surface area (TPSA) is 86.8 Å². The summed E-state index contributed by atoms with van der Waals surface area (Å²) in [6.07, 6.45) is 1.38. The highest BCUT2D eigenvalue weighted by molar-refractivity contribution is 7.92. The fourth-order valence-electron chi connectivity index (χ4n) is 3.67. The van der Waals surface area contributed by atoms with Crippen molar-refractivity contribution in [2.45, 2.75) is 59.7 Å². The number of sulfonamides is 1. The molecule has 0 aliphatic heterocycles. The largest absolute Gasteiger partial charge is 0.352 e. The molecule has 0 radical (unpaired) electrons. The van der Waals surface area contributed by atoms with E-state index in [1.807, 2.05) is 26.8 Å². The average Bonchev–Trinajstić information content (AvgIpc) is 2.73. The summed E-state index contributed by atoms with van der Waals surface area (Å²) in [7, 11) is -3.80. The molecule has 9 heteroatoms. The molecule has 0 saturated carbocycles. The third kappa shape index (κ3) is 7.28. The highest BCUT2D eigenvalue weighted by atomic mass is 32.2. The SMILES string of the molecule is CCC(C(=O)NC(C)C)N(Cc1ccc(F)cc1)C(=O)CN(c1cc(C)ccc1C)S(C)(=O)=O. The predicted molar refractivity (Wildman–Crippen MR) is 132 cm³/mol. The van der Waals surface area contributed by atoms with Crippen molar-refractivity contribution in [3.63, 3.8) is 0 Å². The monoisotopic (exact) mass is 491 g/mol. The molecule has 34 heavy (non-hydrogen) atoms. The number of carbonyl (C=O) groups excluding carboxylic acids is 2. The summed E-state index contributed by atoms with van der Waals surface area (Å²) in [5.41, 5.74) is 2.60. The fourth-order valence-corrected chi connectivity index (χ4v) is 4.57. The Morgan fingerprint density at radius 2 is 1.68 bits per heavy atom. The van der Waals surface area contributed by atoms with Gasteiger partial charge in [0.25, 0.3) is 0 Å². The van der Waals surface area contributed by atoms with Gasteiger partial charge in [-0.05, 0) is 69.0 Å². The van der Waals surface area contributed by atoms with Crippen molar-refractivity contribution in [2.24, 2.45) is 0 Å². The number of anilines is 1. The number of rotatable bonds is 10. The maximum atomic E-state index is 13.6. The van der Waals surface area contributed by atoms with E-state index < -0.39 is 34.3 Å². The summed E-state index contributed by atoms with van der Waals surface area (Å²) in [6, 6.07) is 10.1. The van der Waals surface area contributed by atoms with Gasteiger partial charge in [0, 0.05) is 12.6 Å². The number of aryl methyl sites for hydroxylation is 2. The summed E-state index contributed by atoms with van der Waals surface area (Å²) in [6.45, 7) is 8.62. The number of benzene rings is 2. The van der Waals surface area contributed by atoms with Crippen LogP contribution in [0.2, 0.25) is 0 Å². The van der Waals surface area contributed by atoms with Crippen LogP contribution in [0.4, 0.5) is 10.1 Å². The normalized spacial score (nSPS) is 12.4. The van der Waals surface area contributed by atoms with Crippen LogP contribution in [0.25, 0.3) is 0 Å². The van der Waals surface area contributed by atoms with Crippen LogP contribution < -0.4 is 9.62 Å². The Labute approximate surface area is 202 Å². The Hall–Kier alpha value is -2.94. The maximum Gasteiger partial charge on any atom is 0.244 e. The van der Waals surface area contributed by atoms with Crippen LogP contribution in [0.3, 0.4) is 0 Å². The minimum atomic E-state index is -3.80. The fraction of sp³-hybridized carbons (Fsp3) is 0.440. The Balaban J connectivity index is 2.48. The molecule has 7 nitrogen and oxygen atoms in total. The van der Waals surface area contributed by atoms with Crippen LogP contribution in [0.5, 0.6) is 0 Å². The molecule has 0 aromatic heterocycles. The average molecular weight is 492 g/mol. The number of hydrogen-bond acceptors (Lipinski definition) is 4. The van der Waals surface area contributed by atoms with Crippen molar-refractivity contribution in [2.75, 3.05) is 17.1 Å². The second-order valence-corrected chi connectivity index (χ2v) is 10.7. The zero-order chi connectivity index (χ0) is 25.6. The van der Waals surface area contributed by atoms with Crippen LogP contribution >= 0.6 is 0 Å². The zero-order valence-corrected chi connectivity index (χ0v) is 21.4. The van der Waals surface area contributed by atoms with Crippen molar-refractivity contribution in [3.05, 3.63) is 65.0 Å². The van der Waals surface area contributed by atoms with Gasteiger partial charge in [-0.3, -0.25) is 13.9 Å². The highest BCUT2D eigenvalue weighted by Crippen LogP contribution is 2.25. The lowest BCUT2D eigenvalue weighted by atomic mass is 10.1. The number of hydrogen-bond donors (Lipinski definition) is 1. The molecule has 2 aromatic rings. The molecule has 1 N–H and O–H groups in total. The quantitative estimate of drug-likeness (QED) is 0.551. The van der Waals surface area contributed by atoms with Crippen LogP contribution in [-0.2, 0) is 26.2 Å². The summed E-state index contributed by atoms with van der Waals surface area (Å²) in [5.74, 6) is -1.27. The van der Waals surface area contributed by atoms with Gasteiger partial charge in [0.05, 0.1) is 11.9 Å². The minimum absolute atomic E-state index is 0.0353. The molecule has 186 valence electrons. The molecule has 0 aliphatic carbocycles. The second-order valence-electron chi connectivity index (χ2n) is 8.80. The maximum absolute atomic E-state index is 13.6. The number of amides is 2.